The van der Waals surface area contributed by atoms with Crippen LogP contribution < -0.4 is 18.9 Å². The average Bonchev–Trinajstić information content (AvgIpc) is 2.87. The monoisotopic (exact) mass is 510 g/mol. The molecule has 5 unspecified atom stereocenters. The largest absolute Gasteiger partial charge is 0.502 e. The summed E-state index contributed by atoms with van der Waals surface area (Å²) in [7, 11) is 3.79. The third-order valence-electron chi connectivity index (χ3n) is 5.42. The molecule has 1 saturated heterocycles. The van der Waals surface area contributed by atoms with E-state index in [1.165, 1.54) is 51.7 Å². The summed E-state index contributed by atoms with van der Waals surface area (Å²) in [6.07, 6.45) is -8.08. The fraction of sp³-hybridized carbons (Fsp3) is 0.391. The molecule has 13 nitrogen and oxygen atoms in total. The Hall–Kier alpha value is -3.78. The van der Waals surface area contributed by atoms with Crippen LogP contribution in [-0.2, 0) is 9.47 Å². The molecule has 5 atom stereocenters. The maximum Gasteiger partial charge on any atom is 0.339 e. The van der Waals surface area contributed by atoms with Crippen LogP contribution in [0.25, 0.3) is 0 Å². The van der Waals surface area contributed by atoms with Gasteiger partial charge in [-0.05, 0) is 24.3 Å². The number of phenols is 1. The first-order valence-electron chi connectivity index (χ1n) is 10.5. The molecule has 0 bridgehead atoms. The topological polar surface area (TPSA) is 191 Å². The summed E-state index contributed by atoms with van der Waals surface area (Å²) in [5.74, 6) is -2.84. The Labute approximate surface area is 204 Å². The Balaban J connectivity index is 1.76. The van der Waals surface area contributed by atoms with Crippen molar-refractivity contribution in [3.05, 3.63) is 41.5 Å². The van der Waals surface area contributed by atoms with E-state index in [-0.39, 0.29) is 39.9 Å². The van der Waals surface area contributed by atoms with Gasteiger partial charge < -0.3 is 54.0 Å². The van der Waals surface area contributed by atoms with E-state index in [1.54, 1.807) is 0 Å². The van der Waals surface area contributed by atoms with E-state index < -0.39 is 49.3 Å². The molecule has 2 aromatic rings. The van der Waals surface area contributed by atoms with Gasteiger partial charge in [0.25, 0.3) is 0 Å². The molecule has 36 heavy (non-hydrogen) atoms. The Bertz CT molecular complexity index is 1080. The van der Waals surface area contributed by atoms with Crippen LogP contribution in [0.15, 0.2) is 30.3 Å². The molecule has 0 saturated carbocycles. The molecule has 196 valence electrons. The number of carbonyl (C=O) groups excluding carboxylic acids is 1. The predicted molar refractivity (Wildman–Crippen MR) is 119 cm³/mol. The molecular formula is C23H26O13. The van der Waals surface area contributed by atoms with Crippen molar-refractivity contribution in [3.63, 3.8) is 0 Å². The standard InChI is InChI=1S/C23H26O13/c1-31-13-7-10(8-14(32-2)16(13)24)22(30)34-9-15-17(25)18(26)19(27)23(36-15)35-12-6-4-5-11(21(28)29)20(12)33-3/h4-8,15,17-19,23-27H,9H2,1-3H3,(H,28,29). The van der Waals surface area contributed by atoms with Gasteiger partial charge >= 0.3 is 11.9 Å². The maximum absolute atomic E-state index is 12.6. The van der Waals surface area contributed by atoms with E-state index in [9.17, 15) is 35.1 Å². The van der Waals surface area contributed by atoms with Gasteiger partial charge in [0.15, 0.2) is 23.0 Å². The first kappa shape index (κ1) is 26.8. The second kappa shape index (κ2) is 11.3. The SMILES string of the molecule is COc1cc(C(=O)OCC2OC(Oc3cccc(C(=O)O)c3OC)C(O)C(O)C2O)cc(OC)c1O. The zero-order valence-electron chi connectivity index (χ0n) is 19.5. The molecule has 0 aromatic heterocycles. The van der Waals surface area contributed by atoms with Gasteiger partial charge in [0.1, 0.15) is 36.6 Å². The number of benzene rings is 2. The highest BCUT2D eigenvalue weighted by molar-refractivity contribution is 5.92. The van der Waals surface area contributed by atoms with Gasteiger partial charge in [-0.15, -0.1) is 0 Å². The second-order valence-corrected chi connectivity index (χ2v) is 7.60. The zero-order chi connectivity index (χ0) is 26.6. The third-order valence-corrected chi connectivity index (χ3v) is 5.42. The minimum Gasteiger partial charge on any atom is -0.502 e. The summed E-state index contributed by atoms with van der Waals surface area (Å²) in [4.78, 5) is 24.0. The Kier molecular flexibility index (Phi) is 8.42. The summed E-state index contributed by atoms with van der Waals surface area (Å²) >= 11 is 0. The van der Waals surface area contributed by atoms with Crippen LogP contribution in [0.4, 0.5) is 0 Å². The van der Waals surface area contributed by atoms with Gasteiger partial charge in [-0.3, -0.25) is 0 Å². The van der Waals surface area contributed by atoms with Crippen molar-refractivity contribution in [1.29, 1.82) is 0 Å². The Morgan fingerprint density at radius 3 is 2.11 bits per heavy atom. The number of para-hydroxylation sites is 1. The van der Waals surface area contributed by atoms with Crippen molar-refractivity contribution in [1.82, 2.24) is 0 Å². The minimum atomic E-state index is -1.75. The van der Waals surface area contributed by atoms with Crippen LogP contribution >= 0.6 is 0 Å². The van der Waals surface area contributed by atoms with Crippen LogP contribution in [0.3, 0.4) is 0 Å². The van der Waals surface area contributed by atoms with Crippen molar-refractivity contribution < 1.29 is 63.5 Å². The highest BCUT2D eigenvalue weighted by atomic mass is 16.7. The molecule has 0 radical (unpaired) electrons. The van der Waals surface area contributed by atoms with Gasteiger partial charge in [0.2, 0.25) is 12.0 Å². The summed E-state index contributed by atoms with van der Waals surface area (Å²) in [6.45, 7) is -0.568. The van der Waals surface area contributed by atoms with Crippen molar-refractivity contribution in [3.8, 4) is 28.7 Å². The molecule has 5 N–H and O–H groups in total. The van der Waals surface area contributed by atoms with E-state index in [4.69, 9.17) is 28.4 Å². The maximum atomic E-state index is 12.6. The lowest BCUT2D eigenvalue weighted by atomic mass is 9.99. The van der Waals surface area contributed by atoms with Crippen molar-refractivity contribution in [2.75, 3.05) is 27.9 Å². The molecule has 0 aliphatic carbocycles. The number of hydrogen-bond donors (Lipinski definition) is 5. The van der Waals surface area contributed by atoms with Crippen LogP contribution in [0.5, 0.6) is 28.7 Å². The second-order valence-electron chi connectivity index (χ2n) is 7.60. The number of esters is 1. The average molecular weight is 510 g/mol. The highest BCUT2D eigenvalue weighted by Gasteiger charge is 2.46. The molecule has 3 rings (SSSR count). The summed E-state index contributed by atoms with van der Waals surface area (Å²) in [6, 6.07) is 6.44. The van der Waals surface area contributed by atoms with Crippen LogP contribution in [0.2, 0.25) is 0 Å². The number of carboxylic acid groups (broad SMARTS) is 1. The Morgan fingerprint density at radius 1 is 0.917 bits per heavy atom. The fourth-order valence-corrected chi connectivity index (χ4v) is 3.52. The van der Waals surface area contributed by atoms with Crippen LogP contribution in [-0.4, -0.2) is 96.1 Å². The lowest BCUT2D eigenvalue weighted by Crippen LogP contribution is -2.60. The number of methoxy groups -OCH3 is 3. The molecule has 0 spiro atoms. The van der Waals surface area contributed by atoms with Gasteiger partial charge in [-0.25, -0.2) is 9.59 Å². The number of aromatic carboxylic acids is 1. The number of aliphatic hydroxyl groups is 3. The molecule has 13 heteroatoms. The first-order chi connectivity index (χ1) is 17.1. The Morgan fingerprint density at radius 2 is 1.56 bits per heavy atom. The normalized spacial score (nSPS) is 23.4. The lowest BCUT2D eigenvalue weighted by molar-refractivity contribution is -0.277. The number of rotatable bonds is 9. The highest BCUT2D eigenvalue weighted by Crippen LogP contribution is 2.37. The molecular weight excluding hydrogens is 484 g/mol. The summed E-state index contributed by atoms with van der Waals surface area (Å²) < 4.78 is 31.4. The van der Waals surface area contributed by atoms with E-state index in [0.29, 0.717) is 0 Å². The number of aromatic hydroxyl groups is 1. The van der Waals surface area contributed by atoms with E-state index >= 15 is 0 Å². The fourth-order valence-electron chi connectivity index (χ4n) is 3.52. The number of carbonyl (C=O) groups is 2. The number of carboxylic acids is 1. The van der Waals surface area contributed by atoms with Gasteiger partial charge in [-0.1, -0.05) is 6.07 Å². The molecule has 1 heterocycles. The predicted octanol–water partition coefficient (Wildman–Crippen LogP) is 0.160. The molecule has 0 amide bonds. The van der Waals surface area contributed by atoms with E-state index in [0.717, 1.165) is 0 Å². The van der Waals surface area contributed by atoms with Crippen molar-refractivity contribution >= 4 is 11.9 Å². The first-order valence-corrected chi connectivity index (χ1v) is 10.5. The zero-order valence-corrected chi connectivity index (χ0v) is 19.5. The van der Waals surface area contributed by atoms with E-state index in [2.05, 4.69) is 0 Å². The van der Waals surface area contributed by atoms with Crippen molar-refractivity contribution in [2.24, 2.45) is 0 Å². The molecule has 1 aliphatic rings. The van der Waals surface area contributed by atoms with E-state index in [1.807, 2.05) is 0 Å². The number of ether oxygens (including phenoxy) is 6. The number of hydrogen-bond acceptors (Lipinski definition) is 12. The summed E-state index contributed by atoms with van der Waals surface area (Å²) in [5.41, 5.74) is -0.262. The molecule has 1 aliphatic heterocycles. The minimum absolute atomic E-state index is 0.0419. The smallest absolute Gasteiger partial charge is 0.339 e. The third kappa shape index (κ3) is 5.39. The number of aliphatic hydroxyl groups excluding tert-OH is 3. The summed E-state index contributed by atoms with van der Waals surface area (Å²) in [5, 5.41) is 50.3. The van der Waals surface area contributed by atoms with Crippen LogP contribution in [0, 0.1) is 0 Å². The van der Waals surface area contributed by atoms with Crippen molar-refractivity contribution in [2.45, 2.75) is 30.7 Å². The van der Waals surface area contributed by atoms with Gasteiger partial charge in [-0.2, -0.15) is 0 Å². The van der Waals surface area contributed by atoms with Gasteiger partial charge in [0.05, 0.1) is 26.9 Å². The molecule has 2 aromatic carbocycles. The van der Waals surface area contributed by atoms with Crippen LogP contribution in [0.1, 0.15) is 20.7 Å². The quantitative estimate of drug-likeness (QED) is 0.287. The molecule has 1 fully saturated rings. The lowest BCUT2D eigenvalue weighted by Gasteiger charge is -2.40. The van der Waals surface area contributed by atoms with Gasteiger partial charge in [0, 0.05) is 0 Å². The number of phenolic OH excluding ortho intramolecular Hbond substituents is 1.